The van der Waals surface area contributed by atoms with Crippen molar-refractivity contribution in [3.63, 3.8) is 0 Å². The summed E-state index contributed by atoms with van der Waals surface area (Å²) in [6, 6.07) is 9.49. The van der Waals surface area contributed by atoms with Crippen LogP contribution in [0.4, 0.5) is 11.5 Å². The van der Waals surface area contributed by atoms with Gasteiger partial charge in [-0.15, -0.1) is 0 Å². The maximum atomic E-state index is 12.5. The smallest absolute Gasteiger partial charge is 0.270 e. The van der Waals surface area contributed by atoms with Crippen LogP contribution < -0.4 is 4.90 Å². The molecule has 2 amide bonds. The van der Waals surface area contributed by atoms with Gasteiger partial charge in [0.05, 0.1) is 21.6 Å². The van der Waals surface area contributed by atoms with E-state index in [1.54, 1.807) is 18.3 Å². The monoisotopic (exact) mass is 434 g/mol. The van der Waals surface area contributed by atoms with E-state index in [0.29, 0.717) is 18.5 Å². The van der Waals surface area contributed by atoms with Crippen LogP contribution in [0.3, 0.4) is 0 Å². The van der Waals surface area contributed by atoms with Gasteiger partial charge in [-0.25, -0.2) is 4.98 Å². The second-order valence-corrected chi connectivity index (χ2v) is 7.77. The maximum Gasteiger partial charge on any atom is 0.270 e. The van der Waals surface area contributed by atoms with Crippen molar-refractivity contribution in [3.8, 4) is 6.07 Å². The molecule has 10 heteroatoms. The number of nitrogens with zero attached hydrogens (tertiary/aromatic N) is 6. The Morgan fingerprint density at radius 3 is 2.47 bits per heavy atom. The molecule has 0 N–H and O–H groups in total. The summed E-state index contributed by atoms with van der Waals surface area (Å²) in [7, 11) is 0. The summed E-state index contributed by atoms with van der Waals surface area (Å²) < 4.78 is 0. The van der Waals surface area contributed by atoms with Crippen LogP contribution >= 0.6 is 0 Å². The number of rotatable bonds is 7. The Hall–Kier alpha value is -3.84. The van der Waals surface area contributed by atoms with Crippen LogP contribution in [0.2, 0.25) is 0 Å². The minimum atomic E-state index is -0.574. The van der Waals surface area contributed by atoms with Crippen LogP contribution in [0.15, 0.2) is 36.5 Å². The third-order valence-electron chi connectivity index (χ3n) is 5.85. The van der Waals surface area contributed by atoms with Gasteiger partial charge in [-0.3, -0.25) is 29.5 Å². The van der Waals surface area contributed by atoms with Crippen molar-refractivity contribution in [3.05, 3.63) is 63.3 Å². The Bertz CT molecular complexity index is 1100. The summed E-state index contributed by atoms with van der Waals surface area (Å²) in [5.74, 6) is -0.136. The largest absolute Gasteiger partial charge is 0.353 e. The van der Waals surface area contributed by atoms with Crippen molar-refractivity contribution in [2.24, 2.45) is 0 Å². The highest BCUT2D eigenvalue weighted by molar-refractivity contribution is 6.21. The number of piperazine rings is 1. The molecular weight excluding hydrogens is 412 g/mol. The molecule has 0 aliphatic carbocycles. The van der Waals surface area contributed by atoms with E-state index < -0.39 is 16.7 Å². The molecule has 2 aliphatic heterocycles. The molecule has 32 heavy (non-hydrogen) atoms. The van der Waals surface area contributed by atoms with Gasteiger partial charge >= 0.3 is 0 Å². The number of imide groups is 1. The van der Waals surface area contributed by atoms with E-state index in [1.807, 2.05) is 0 Å². The van der Waals surface area contributed by atoms with Crippen molar-refractivity contribution >= 4 is 23.3 Å². The number of hydrogen-bond acceptors (Lipinski definition) is 8. The Morgan fingerprint density at radius 1 is 1.03 bits per heavy atom. The molecular formula is C22H22N6O4. The van der Waals surface area contributed by atoms with Gasteiger partial charge in [0.1, 0.15) is 11.9 Å². The second kappa shape index (κ2) is 9.11. The van der Waals surface area contributed by atoms with Gasteiger partial charge in [-0.05, 0) is 37.6 Å². The Kier molecular flexibility index (Phi) is 6.09. The molecule has 0 radical (unpaired) electrons. The molecule has 10 nitrogen and oxygen atoms in total. The maximum absolute atomic E-state index is 12.5. The molecule has 0 saturated carbocycles. The van der Waals surface area contributed by atoms with Crippen molar-refractivity contribution in [2.75, 3.05) is 44.2 Å². The molecule has 3 heterocycles. The zero-order chi connectivity index (χ0) is 22.7. The number of nitriles is 1. The number of carbonyl (C=O) groups is 2. The third kappa shape index (κ3) is 4.15. The number of fused-ring (bicyclic) bond motifs is 1. The number of carbonyl (C=O) groups excluding carboxylic acids is 2. The minimum Gasteiger partial charge on any atom is -0.353 e. The van der Waals surface area contributed by atoms with Gasteiger partial charge in [0.15, 0.2) is 0 Å². The molecule has 1 saturated heterocycles. The van der Waals surface area contributed by atoms with Crippen LogP contribution in [-0.2, 0) is 0 Å². The van der Waals surface area contributed by atoms with E-state index in [2.05, 4.69) is 20.9 Å². The highest BCUT2D eigenvalue weighted by atomic mass is 16.6. The fourth-order valence-electron chi connectivity index (χ4n) is 4.12. The van der Waals surface area contributed by atoms with Crippen LogP contribution in [0, 0.1) is 21.4 Å². The number of aromatic nitrogens is 1. The van der Waals surface area contributed by atoms with Gasteiger partial charge in [0, 0.05) is 51.1 Å². The lowest BCUT2D eigenvalue weighted by Crippen LogP contribution is -2.47. The van der Waals surface area contributed by atoms with Crippen molar-refractivity contribution in [1.29, 1.82) is 5.26 Å². The standard InChI is InChI=1S/C22H22N6O4/c23-15-16-4-3-7-24-20(16)26-12-10-25(11-13-26)8-1-2-9-27-21(29)18-6-5-17(28(31)32)14-19(18)22(27)30/h3-7,14H,1-2,8-13H2. The topological polar surface area (TPSA) is 124 Å². The van der Waals surface area contributed by atoms with Gasteiger partial charge in [-0.2, -0.15) is 5.26 Å². The lowest BCUT2D eigenvalue weighted by atomic mass is 10.1. The molecule has 1 fully saturated rings. The fraction of sp³-hybridized carbons (Fsp3) is 0.364. The average molecular weight is 434 g/mol. The Morgan fingerprint density at radius 2 is 1.75 bits per heavy atom. The minimum absolute atomic E-state index is 0.103. The van der Waals surface area contributed by atoms with E-state index in [9.17, 15) is 25.0 Å². The molecule has 0 atom stereocenters. The van der Waals surface area contributed by atoms with Crippen molar-refractivity contribution in [1.82, 2.24) is 14.8 Å². The van der Waals surface area contributed by atoms with Crippen LogP contribution in [0.1, 0.15) is 39.1 Å². The third-order valence-corrected chi connectivity index (χ3v) is 5.85. The van der Waals surface area contributed by atoms with Gasteiger partial charge < -0.3 is 4.90 Å². The molecule has 2 aromatic rings. The molecule has 2 aliphatic rings. The highest BCUT2D eigenvalue weighted by Crippen LogP contribution is 2.27. The van der Waals surface area contributed by atoms with E-state index in [0.717, 1.165) is 45.0 Å². The number of nitro groups is 1. The van der Waals surface area contributed by atoms with Gasteiger partial charge in [0.25, 0.3) is 17.5 Å². The van der Waals surface area contributed by atoms with Crippen molar-refractivity contribution < 1.29 is 14.5 Å². The molecule has 0 bridgehead atoms. The van der Waals surface area contributed by atoms with E-state index in [-0.39, 0.29) is 16.8 Å². The van der Waals surface area contributed by atoms with Crippen LogP contribution in [-0.4, -0.2) is 70.8 Å². The predicted octanol–water partition coefficient (Wildman–Crippen LogP) is 2.06. The first kappa shape index (κ1) is 21.4. The van der Waals surface area contributed by atoms with E-state index >= 15 is 0 Å². The molecule has 1 aromatic carbocycles. The Balaban J connectivity index is 1.24. The number of pyridine rings is 1. The number of unbranched alkanes of at least 4 members (excludes halogenated alkanes) is 1. The zero-order valence-electron chi connectivity index (χ0n) is 17.4. The highest BCUT2D eigenvalue weighted by Gasteiger charge is 2.36. The number of benzene rings is 1. The summed E-state index contributed by atoms with van der Waals surface area (Å²) in [6.45, 7) is 4.39. The first-order chi connectivity index (χ1) is 15.5. The van der Waals surface area contributed by atoms with Crippen LogP contribution in [0.25, 0.3) is 0 Å². The SMILES string of the molecule is N#Cc1cccnc1N1CCN(CCCCN2C(=O)c3ccc([N+](=O)[O-])cc3C2=O)CC1. The normalized spacial score (nSPS) is 16.2. The first-order valence-corrected chi connectivity index (χ1v) is 10.5. The fourth-order valence-corrected chi connectivity index (χ4v) is 4.12. The first-order valence-electron chi connectivity index (χ1n) is 10.5. The van der Waals surface area contributed by atoms with Crippen LogP contribution in [0.5, 0.6) is 0 Å². The van der Waals surface area contributed by atoms with Gasteiger partial charge in [0.2, 0.25) is 0 Å². The summed E-state index contributed by atoms with van der Waals surface area (Å²) in [4.78, 5) is 45.4. The summed E-state index contributed by atoms with van der Waals surface area (Å²) >= 11 is 0. The number of hydrogen-bond donors (Lipinski definition) is 0. The number of nitro benzene ring substituents is 1. The molecule has 0 unspecified atom stereocenters. The zero-order valence-corrected chi connectivity index (χ0v) is 17.4. The lowest BCUT2D eigenvalue weighted by molar-refractivity contribution is -0.384. The molecule has 1 aromatic heterocycles. The number of anilines is 1. The lowest BCUT2D eigenvalue weighted by Gasteiger charge is -2.35. The van der Waals surface area contributed by atoms with E-state index in [1.165, 1.54) is 23.1 Å². The quantitative estimate of drug-likeness (QED) is 0.281. The summed E-state index contributed by atoms with van der Waals surface area (Å²) in [5, 5.41) is 20.2. The Labute approximate surface area is 184 Å². The number of non-ortho nitro benzene ring substituents is 1. The second-order valence-electron chi connectivity index (χ2n) is 7.77. The predicted molar refractivity (Wildman–Crippen MR) is 115 cm³/mol. The number of amides is 2. The summed E-state index contributed by atoms with van der Waals surface area (Å²) in [6.07, 6.45) is 3.17. The van der Waals surface area contributed by atoms with Crippen molar-refractivity contribution in [2.45, 2.75) is 12.8 Å². The average Bonchev–Trinajstić information content (AvgIpc) is 3.06. The molecule has 164 valence electrons. The summed E-state index contributed by atoms with van der Waals surface area (Å²) in [5.41, 5.74) is 0.709. The molecule has 4 rings (SSSR count). The van der Waals surface area contributed by atoms with Gasteiger partial charge in [-0.1, -0.05) is 0 Å². The molecule has 0 spiro atoms. The van der Waals surface area contributed by atoms with E-state index in [4.69, 9.17) is 0 Å².